The Balaban J connectivity index is 2.60. The molecule has 0 N–H and O–H groups in total. The summed E-state index contributed by atoms with van der Waals surface area (Å²) in [4.78, 5) is 0. The van der Waals surface area contributed by atoms with Crippen LogP contribution in [-0.2, 0) is 13.3 Å². The SMILES string of the molecule is ClOCCOCCOCl. The van der Waals surface area contributed by atoms with Crippen LogP contribution in [0.25, 0.3) is 0 Å². The van der Waals surface area contributed by atoms with Gasteiger partial charge in [-0.2, -0.15) is 0 Å². The van der Waals surface area contributed by atoms with Gasteiger partial charge in [-0.1, -0.05) is 0 Å². The smallest absolute Gasteiger partial charge is 0.0916 e. The lowest BCUT2D eigenvalue weighted by Crippen LogP contribution is -2.04. The third kappa shape index (κ3) is 8.46. The summed E-state index contributed by atoms with van der Waals surface area (Å²) in [6.45, 7) is 1.68. The summed E-state index contributed by atoms with van der Waals surface area (Å²) < 4.78 is 13.3. The monoisotopic (exact) mass is 174 g/mol. The van der Waals surface area contributed by atoms with E-state index < -0.39 is 0 Å². The minimum atomic E-state index is 0.379. The van der Waals surface area contributed by atoms with Crippen LogP contribution >= 0.6 is 23.7 Å². The highest BCUT2D eigenvalue weighted by atomic mass is 35.5. The third-order valence-electron chi connectivity index (χ3n) is 0.610. The van der Waals surface area contributed by atoms with Gasteiger partial charge in [0.15, 0.2) is 0 Å². The zero-order valence-corrected chi connectivity index (χ0v) is 6.32. The van der Waals surface area contributed by atoms with Gasteiger partial charge in [-0.25, -0.2) is 0 Å². The van der Waals surface area contributed by atoms with E-state index in [-0.39, 0.29) is 0 Å². The molecule has 0 aliphatic rings. The Morgan fingerprint density at radius 2 is 1.22 bits per heavy atom. The third-order valence-corrected chi connectivity index (χ3v) is 0.918. The van der Waals surface area contributed by atoms with Gasteiger partial charge in [0, 0.05) is 0 Å². The summed E-state index contributed by atoms with van der Waals surface area (Å²) in [5.74, 6) is 0. The van der Waals surface area contributed by atoms with E-state index in [9.17, 15) is 0 Å². The summed E-state index contributed by atoms with van der Waals surface area (Å²) in [5.41, 5.74) is 0. The van der Waals surface area contributed by atoms with E-state index in [2.05, 4.69) is 8.58 Å². The molecule has 0 saturated heterocycles. The predicted octanol–water partition coefficient (Wildman–Crippen LogP) is 1.34. The van der Waals surface area contributed by atoms with Gasteiger partial charge in [-0.3, -0.25) is 8.58 Å². The van der Waals surface area contributed by atoms with Crippen molar-refractivity contribution in [1.29, 1.82) is 0 Å². The fourth-order valence-corrected chi connectivity index (χ4v) is 0.409. The molecule has 0 bridgehead atoms. The van der Waals surface area contributed by atoms with Gasteiger partial charge in [0.05, 0.1) is 50.2 Å². The molecule has 0 amide bonds. The predicted molar refractivity (Wildman–Crippen MR) is 34.4 cm³/mol. The normalized spacial score (nSPS) is 10.0. The maximum Gasteiger partial charge on any atom is 0.0916 e. The topological polar surface area (TPSA) is 27.7 Å². The van der Waals surface area contributed by atoms with E-state index in [0.717, 1.165) is 0 Å². The Kier molecular flexibility index (Phi) is 8.89. The Morgan fingerprint density at radius 3 is 1.56 bits per heavy atom. The van der Waals surface area contributed by atoms with Crippen molar-refractivity contribution >= 4 is 23.7 Å². The molecule has 5 heteroatoms. The number of ether oxygens (including phenoxy) is 1. The summed E-state index contributed by atoms with van der Waals surface area (Å²) in [5, 5.41) is 0. The second-order valence-electron chi connectivity index (χ2n) is 1.24. The van der Waals surface area contributed by atoms with Gasteiger partial charge in [-0.05, 0) is 0 Å². The van der Waals surface area contributed by atoms with Crippen molar-refractivity contribution in [2.75, 3.05) is 26.4 Å². The zero-order chi connectivity index (χ0) is 6.95. The quantitative estimate of drug-likeness (QED) is 0.570. The fraction of sp³-hybridized carbons (Fsp3) is 1.00. The van der Waals surface area contributed by atoms with Gasteiger partial charge in [0.2, 0.25) is 0 Å². The molecular formula is C4H8Cl2O3. The molecule has 0 spiro atoms. The van der Waals surface area contributed by atoms with Crippen LogP contribution in [0.5, 0.6) is 0 Å². The first kappa shape index (κ1) is 9.46. The minimum absolute atomic E-state index is 0.379. The summed E-state index contributed by atoms with van der Waals surface area (Å²) in [6.07, 6.45) is 0. The van der Waals surface area contributed by atoms with Crippen molar-refractivity contribution in [3.05, 3.63) is 0 Å². The minimum Gasteiger partial charge on any atom is -0.377 e. The average Bonchev–Trinajstić information content (AvgIpc) is 1.89. The second-order valence-corrected chi connectivity index (χ2v) is 1.68. The average molecular weight is 175 g/mol. The molecule has 56 valence electrons. The fourth-order valence-electron chi connectivity index (χ4n) is 0.283. The van der Waals surface area contributed by atoms with E-state index in [1.54, 1.807) is 0 Å². The van der Waals surface area contributed by atoms with Crippen molar-refractivity contribution in [2.24, 2.45) is 0 Å². The van der Waals surface area contributed by atoms with Crippen LogP contribution in [0.4, 0.5) is 0 Å². The second kappa shape index (κ2) is 8.46. The van der Waals surface area contributed by atoms with Gasteiger partial charge >= 0.3 is 0 Å². The largest absolute Gasteiger partial charge is 0.377 e. The van der Waals surface area contributed by atoms with Crippen LogP contribution in [0.1, 0.15) is 0 Å². The molecule has 0 rings (SSSR count). The van der Waals surface area contributed by atoms with E-state index in [0.29, 0.717) is 26.4 Å². The van der Waals surface area contributed by atoms with Crippen LogP contribution < -0.4 is 0 Å². The van der Waals surface area contributed by atoms with E-state index >= 15 is 0 Å². The molecule has 0 heterocycles. The van der Waals surface area contributed by atoms with Gasteiger partial charge < -0.3 is 4.74 Å². The molecule has 0 fully saturated rings. The van der Waals surface area contributed by atoms with Crippen LogP contribution in [0.15, 0.2) is 0 Å². The molecule has 0 aliphatic carbocycles. The molecule has 0 aromatic rings. The standard InChI is InChI=1S/C4H8Cl2O3/c5-8-3-1-7-2-4-9-6/h1-4H2. The van der Waals surface area contributed by atoms with Crippen LogP contribution in [0.3, 0.4) is 0 Å². The van der Waals surface area contributed by atoms with Crippen LogP contribution in [-0.4, -0.2) is 26.4 Å². The lowest BCUT2D eigenvalue weighted by Gasteiger charge is -1.98. The van der Waals surface area contributed by atoms with Crippen molar-refractivity contribution < 1.29 is 13.3 Å². The highest BCUT2D eigenvalue weighted by molar-refractivity contribution is 6.07. The van der Waals surface area contributed by atoms with Gasteiger partial charge in [0.25, 0.3) is 0 Å². The van der Waals surface area contributed by atoms with Crippen molar-refractivity contribution in [2.45, 2.75) is 0 Å². The van der Waals surface area contributed by atoms with Gasteiger partial charge in [-0.15, -0.1) is 0 Å². The number of hydrogen-bond acceptors (Lipinski definition) is 3. The molecule has 0 atom stereocenters. The first-order valence-corrected chi connectivity index (χ1v) is 3.08. The first-order chi connectivity index (χ1) is 4.41. The molecule has 3 nitrogen and oxygen atoms in total. The van der Waals surface area contributed by atoms with E-state index in [4.69, 9.17) is 28.5 Å². The van der Waals surface area contributed by atoms with E-state index in [1.807, 2.05) is 0 Å². The van der Waals surface area contributed by atoms with Crippen LogP contribution in [0, 0.1) is 0 Å². The highest BCUT2D eigenvalue weighted by Gasteiger charge is 1.86. The molecule has 9 heavy (non-hydrogen) atoms. The molecule has 0 aromatic carbocycles. The highest BCUT2D eigenvalue weighted by Crippen LogP contribution is 1.83. The van der Waals surface area contributed by atoms with Crippen molar-refractivity contribution in [3.63, 3.8) is 0 Å². The van der Waals surface area contributed by atoms with Crippen molar-refractivity contribution in [1.82, 2.24) is 0 Å². The summed E-state index contributed by atoms with van der Waals surface area (Å²) in [7, 11) is 0. The number of halogens is 2. The Morgan fingerprint density at radius 1 is 0.778 bits per heavy atom. The summed E-state index contributed by atoms with van der Waals surface area (Å²) >= 11 is 9.75. The number of hydrogen-bond donors (Lipinski definition) is 0. The van der Waals surface area contributed by atoms with Crippen molar-refractivity contribution in [3.8, 4) is 0 Å². The molecular weight excluding hydrogens is 167 g/mol. The molecule has 0 aliphatic heterocycles. The number of rotatable bonds is 6. The lowest BCUT2D eigenvalue weighted by atomic mass is 10.7. The maximum atomic E-state index is 4.90. The molecule has 0 radical (unpaired) electrons. The summed E-state index contributed by atoms with van der Waals surface area (Å²) in [6, 6.07) is 0. The van der Waals surface area contributed by atoms with E-state index in [1.165, 1.54) is 0 Å². The van der Waals surface area contributed by atoms with Crippen LogP contribution in [0.2, 0.25) is 0 Å². The molecule has 0 unspecified atom stereocenters. The lowest BCUT2D eigenvalue weighted by molar-refractivity contribution is 0.0813. The Bertz CT molecular complexity index is 47.1. The molecule has 0 aromatic heterocycles. The maximum absolute atomic E-state index is 4.90. The van der Waals surface area contributed by atoms with Gasteiger partial charge in [0.1, 0.15) is 0 Å². The zero-order valence-electron chi connectivity index (χ0n) is 4.81. The Hall–Kier alpha value is 0.460. The Labute approximate surface area is 64.1 Å². The first-order valence-electron chi connectivity index (χ1n) is 2.46. The molecule has 0 saturated carbocycles.